The van der Waals surface area contributed by atoms with Crippen molar-refractivity contribution in [1.29, 1.82) is 0 Å². The molecule has 0 aliphatic carbocycles. The maximum atomic E-state index is 10.9. The highest BCUT2D eigenvalue weighted by Gasteiger charge is 2.33. The summed E-state index contributed by atoms with van der Waals surface area (Å²) >= 11 is 0. The van der Waals surface area contributed by atoms with Crippen molar-refractivity contribution in [2.75, 3.05) is 26.7 Å². The first-order chi connectivity index (χ1) is 12.7. The summed E-state index contributed by atoms with van der Waals surface area (Å²) in [6.45, 7) is 7.25. The molecular weight excluding hydrogens is 354 g/mol. The normalized spacial score (nSPS) is 14.6. The molecule has 0 fully saturated rings. The minimum Gasteiger partial charge on any atom is -0.394 e. The van der Waals surface area contributed by atoms with Gasteiger partial charge in [-0.25, -0.2) is 0 Å². The van der Waals surface area contributed by atoms with E-state index in [2.05, 4.69) is 51.1 Å². The first kappa shape index (κ1) is 21.8. The fraction of sp³-hybridized carbons (Fsp3) is 0.455. The van der Waals surface area contributed by atoms with Gasteiger partial charge in [-0.3, -0.25) is 0 Å². The Kier molecular flexibility index (Phi) is 7.76. The van der Waals surface area contributed by atoms with Gasteiger partial charge in [-0.1, -0.05) is 80.6 Å². The van der Waals surface area contributed by atoms with E-state index in [1.807, 2.05) is 36.2 Å². The van der Waals surface area contributed by atoms with Crippen molar-refractivity contribution in [1.82, 2.24) is 4.90 Å². The first-order valence-corrected chi connectivity index (χ1v) is 10.9. The van der Waals surface area contributed by atoms with Crippen molar-refractivity contribution in [3.63, 3.8) is 0 Å². The molecule has 5 heteroatoms. The molecule has 27 heavy (non-hydrogen) atoms. The van der Waals surface area contributed by atoms with E-state index >= 15 is 0 Å². The van der Waals surface area contributed by atoms with Crippen LogP contribution in [0.5, 0.6) is 0 Å². The predicted molar refractivity (Wildman–Crippen MR) is 113 cm³/mol. The van der Waals surface area contributed by atoms with Crippen LogP contribution in [0, 0.1) is 0 Å². The van der Waals surface area contributed by atoms with Crippen molar-refractivity contribution >= 4 is 19.2 Å². The van der Waals surface area contributed by atoms with Gasteiger partial charge < -0.3 is 20.2 Å². The Morgan fingerprint density at radius 2 is 1.52 bits per heavy atom. The molecule has 0 amide bonds. The van der Waals surface area contributed by atoms with Gasteiger partial charge in [0.2, 0.25) is 0 Å². The summed E-state index contributed by atoms with van der Waals surface area (Å²) in [5.41, 5.74) is 0.954. The lowest BCUT2D eigenvalue weighted by Crippen LogP contribution is -2.51. The van der Waals surface area contributed by atoms with Crippen LogP contribution in [-0.2, 0) is 0 Å². The molecule has 0 aliphatic rings. The van der Waals surface area contributed by atoms with Gasteiger partial charge in [-0.15, -0.1) is 0 Å². The fourth-order valence-electron chi connectivity index (χ4n) is 3.50. The van der Waals surface area contributed by atoms with Crippen LogP contribution in [0.4, 0.5) is 0 Å². The Morgan fingerprint density at radius 1 is 0.926 bits per heavy atom. The van der Waals surface area contributed by atoms with Gasteiger partial charge in [0.25, 0.3) is 0 Å². The number of hydrogen-bond donors (Lipinski definition) is 3. The maximum absolute atomic E-state index is 10.9. The van der Waals surface area contributed by atoms with E-state index in [4.69, 9.17) is 5.11 Å². The Hall–Kier alpha value is -1.50. The molecule has 2 atom stereocenters. The fourth-order valence-corrected chi connectivity index (χ4v) is 6.81. The molecule has 3 N–H and O–H groups in total. The maximum Gasteiger partial charge on any atom is 0.127 e. The highest BCUT2D eigenvalue weighted by atomic mass is 28.3. The van der Waals surface area contributed by atoms with Crippen LogP contribution in [0.1, 0.15) is 32.4 Å². The molecule has 0 spiro atoms. The van der Waals surface area contributed by atoms with Crippen LogP contribution in [0.2, 0.25) is 5.04 Å². The van der Waals surface area contributed by atoms with Gasteiger partial charge >= 0.3 is 0 Å². The number of rotatable bonds is 8. The second-order valence-corrected chi connectivity index (χ2v) is 11.5. The molecular formula is C22H32NO3Si. The quantitative estimate of drug-likeness (QED) is 0.601. The van der Waals surface area contributed by atoms with E-state index in [1.54, 1.807) is 0 Å². The van der Waals surface area contributed by atoms with E-state index in [0.717, 1.165) is 5.56 Å². The second-order valence-electron chi connectivity index (χ2n) is 8.15. The Labute approximate surface area is 164 Å². The van der Waals surface area contributed by atoms with Crippen molar-refractivity contribution in [2.45, 2.75) is 38.0 Å². The Balaban J connectivity index is 2.35. The number of nitrogens with zero attached hydrogens (tertiary/aromatic N) is 1. The third kappa shape index (κ3) is 5.99. The zero-order valence-electron chi connectivity index (χ0n) is 16.8. The molecule has 1 radical (unpaired) electrons. The van der Waals surface area contributed by atoms with E-state index in [-0.39, 0.29) is 11.6 Å². The third-order valence-corrected chi connectivity index (χ3v) is 8.02. The number of likely N-dealkylation sites (N-methyl/N-ethyl adjacent to an activating group) is 1. The van der Waals surface area contributed by atoms with Crippen LogP contribution in [-0.4, -0.2) is 61.9 Å². The van der Waals surface area contributed by atoms with E-state index in [1.165, 1.54) is 10.4 Å². The number of aliphatic hydroxyl groups is 3. The highest BCUT2D eigenvalue weighted by molar-refractivity contribution is 6.87. The minimum atomic E-state index is -1.12. The lowest BCUT2D eigenvalue weighted by atomic mass is 10.1. The molecule has 0 saturated heterocycles. The van der Waals surface area contributed by atoms with E-state index < -0.39 is 21.0 Å². The lowest BCUT2D eigenvalue weighted by molar-refractivity contribution is 0.0492. The van der Waals surface area contributed by atoms with E-state index in [9.17, 15) is 10.2 Å². The molecule has 4 nitrogen and oxygen atoms in total. The number of benzene rings is 2. The first-order valence-electron chi connectivity index (χ1n) is 9.41. The average molecular weight is 387 g/mol. The standard InChI is InChI=1S/C22H32NO3Si/c1-22(2,3)27(18-10-6-5-7-11-18)21-13-9-8-12-19(21)20(26)15-23(4)14-17(25)16-24/h5-13,17,20,24-26H,14-16H2,1-4H3. The van der Waals surface area contributed by atoms with Crippen molar-refractivity contribution in [2.24, 2.45) is 0 Å². The summed E-state index contributed by atoms with van der Waals surface area (Å²) in [6.07, 6.45) is -1.45. The Morgan fingerprint density at radius 3 is 2.11 bits per heavy atom. The lowest BCUT2D eigenvalue weighted by Gasteiger charge is -2.33. The van der Waals surface area contributed by atoms with Gasteiger partial charge in [0.15, 0.2) is 0 Å². The molecule has 2 rings (SSSR count). The zero-order valence-corrected chi connectivity index (χ0v) is 17.8. The molecule has 0 heterocycles. The minimum absolute atomic E-state index is 0.0842. The summed E-state index contributed by atoms with van der Waals surface area (Å²) in [7, 11) is 0.725. The summed E-state index contributed by atoms with van der Waals surface area (Å²) in [4.78, 5) is 1.86. The predicted octanol–water partition coefficient (Wildman–Crippen LogP) is 1.41. The average Bonchev–Trinajstić information content (AvgIpc) is 2.61. The zero-order chi connectivity index (χ0) is 20.0. The third-order valence-electron chi connectivity index (χ3n) is 4.62. The van der Waals surface area contributed by atoms with E-state index in [0.29, 0.717) is 13.1 Å². The summed E-state index contributed by atoms with van der Waals surface area (Å²) in [6, 6.07) is 18.7. The van der Waals surface area contributed by atoms with Crippen molar-refractivity contribution in [3.05, 3.63) is 60.2 Å². The summed E-state index contributed by atoms with van der Waals surface area (Å²) in [5, 5.41) is 32.3. The Bertz CT molecular complexity index is 702. The largest absolute Gasteiger partial charge is 0.394 e. The topological polar surface area (TPSA) is 63.9 Å². The molecule has 0 bridgehead atoms. The van der Waals surface area contributed by atoms with Gasteiger partial charge in [0.1, 0.15) is 8.80 Å². The van der Waals surface area contributed by atoms with Gasteiger partial charge in [0.05, 0.1) is 18.8 Å². The highest BCUT2D eigenvalue weighted by Crippen LogP contribution is 2.28. The van der Waals surface area contributed by atoms with Crippen molar-refractivity contribution in [3.8, 4) is 0 Å². The van der Waals surface area contributed by atoms with Gasteiger partial charge in [-0.05, 0) is 22.8 Å². The molecule has 2 unspecified atom stereocenters. The van der Waals surface area contributed by atoms with Crippen LogP contribution >= 0.6 is 0 Å². The van der Waals surface area contributed by atoms with Crippen LogP contribution in [0.3, 0.4) is 0 Å². The van der Waals surface area contributed by atoms with Gasteiger partial charge in [-0.2, -0.15) is 0 Å². The number of hydrogen-bond acceptors (Lipinski definition) is 4. The molecule has 0 aliphatic heterocycles. The SMILES string of the molecule is CN(CC(O)CO)CC(O)c1ccccc1[Si](c1ccccc1)C(C)(C)C. The van der Waals surface area contributed by atoms with Crippen LogP contribution in [0.15, 0.2) is 54.6 Å². The molecule has 0 aromatic heterocycles. The molecule has 0 saturated carbocycles. The summed E-state index contributed by atoms with van der Waals surface area (Å²) in [5.74, 6) is 0. The van der Waals surface area contributed by atoms with Crippen LogP contribution in [0.25, 0.3) is 0 Å². The smallest absolute Gasteiger partial charge is 0.127 e. The monoisotopic (exact) mass is 386 g/mol. The van der Waals surface area contributed by atoms with Crippen LogP contribution < -0.4 is 10.4 Å². The molecule has 2 aromatic rings. The van der Waals surface area contributed by atoms with Gasteiger partial charge in [0, 0.05) is 13.1 Å². The molecule has 2 aromatic carbocycles. The summed E-state index contributed by atoms with van der Waals surface area (Å²) < 4.78 is 0. The molecule has 147 valence electrons. The number of aliphatic hydroxyl groups excluding tert-OH is 3. The van der Waals surface area contributed by atoms with Crippen molar-refractivity contribution < 1.29 is 15.3 Å². The second kappa shape index (κ2) is 9.62.